The maximum atomic E-state index is 12.3. The highest BCUT2D eigenvalue weighted by molar-refractivity contribution is 9.09. The first kappa shape index (κ1) is 13.5. The lowest BCUT2D eigenvalue weighted by atomic mass is 9.89. The Bertz CT molecular complexity index is 612. The molecule has 0 radical (unpaired) electrons. The van der Waals surface area contributed by atoms with E-state index in [0.29, 0.717) is 22.9 Å². The monoisotopic (exact) mass is 336 g/mol. The van der Waals surface area contributed by atoms with Crippen LogP contribution in [-0.4, -0.2) is 31.9 Å². The van der Waals surface area contributed by atoms with Crippen molar-refractivity contribution in [1.82, 2.24) is 19.9 Å². The summed E-state index contributed by atoms with van der Waals surface area (Å²) in [7, 11) is 0. The maximum Gasteiger partial charge on any atom is 0.255 e. The molecular weight excluding hydrogens is 320 g/mol. The Morgan fingerprint density at radius 1 is 1.40 bits per heavy atom. The zero-order valence-corrected chi connectivity index (χ0v) is 12.7. The molecule has 0 saturated heterocycles. The van der Waals surface area contributed by atoms with Crippen molar-refractivity contribution in [2.24, 2.45) is 5.92 Å². The van der Waals surface area contributed by atoms with E-state index in [-0.39, 0.29) is 5.91 Å². The molecule has 2 aromatic heterocycles. The van der Waals surface area contributed by atoms with Crippen LogP contribution in [0.15, 0.2) is 24.8 Å². The molecule has 0 aromatic carbocycles. The van der Waals surface area contributed by atoms with E-state index in [9.17, 15) is 4.79 Å². The van der Waals surface area contributed by atoms with Crippen LogP contribution < -0.4 is 5.32 Å². The molecule has 2 atom stereocenters. The van der Waals surface area contributed by atoms with E-state index in [1.807, 2.05) is 0 Å². The van der Waals surface area contributed by atoms with E-state index in [2.05, 4.69) is 31.3 Å². The van der Waals surface area contributed by atoms with Gasteiger partial charge in [-0.15, -0.1) is 0 Å². The zero-order valence-electron chi connectivity index (χ0n) is 11.1. The molecule has 0 spiro atoms. The molecule has 0 bridgehead atoms. The van der Waals surface area contributed by atoms with Gasteiger partial charge in [-0.2, -0.15) is 5.10 Å². The topological polar surface area (TPSA) is 59.3 Å². The second kappa shape index (κ2) is 5.91. The van der Waals surface area contributed by atoms with Crippen molar-refractivity contribution in [3.05, 3.63) is 30.4 Å². The number of nitrogens with zero attached hydrogens (tertiary/aromatic N) is 3. The van der Waals surface area contributed by atoms with Crippen LogP contribution in [0.25, 0.3) is 5.52 Å². The quantitative estimate of drug-likeness (QED) is 0.875. The summed E-state index contributed by atoms with van der Waals surface area (Å²) in [5.74, 6) is 0.450. The molecule has 5 nitrogen and oxygen atoms in total. The first-order valence-corrected chi connectivity index (χ1v) is 7.87. The third-order valence-electron chi connectivity index (χ3n) is 3.91. The van der Waals surface area contributed by atoms with Crippen LogP contribution in [0, 0.1) is 5.92 Å². The number of halogens is 1. The van der Waals surface area contributed by atoms with Gasteiger partial charge < -0.3 is 5.32 Å². The molecule has 6 heteroatoms. The van der Waals surface area contributed by atoms with E-state index in [4.69, 9.17) is 0 Å². The molecule has 1 aliphatic rings. The van der Waals surface area contributed by atoms with Crippen molar-refractivity contribution in [2.75, 3.05) is 6.54 Å². The van der Waals surface area contributed by atoms with Crippen molar-refractivity contribution in [3.63, 3.8) is 0 Å². The van der Waals surface area contributed by atoms with Gasteiger partial charge >= 0.3 is 0 Å². The highest BCUT2D eigenvalue weighted by atomic mass is 79.9. The molecule has 1 amide bonds. The van der Waals surface area contributed by atoms with Crippen LogP contribution in [-0.2, 0) is 0 Å². The lowest BCUT2D eigenvalue weighted by Crippen LogP contribution is -2.34. The minimum absolute atomic E-state index is 0.0710. The molecular formula is C14H17BrN4O. The number of nitrogens with one attached hydrogen (secondary N) is 1. The first-order chi connectivity index (χ1) is 9.75. The second-order valence-corrected chi connectivity index (χ2v) is 6.41. The molecule has 1 aliphatic carbocycles. The number of hydrogen-bond acceptors (Lipinski definition) is 3. The third-order valence-corrected chi connectivity index (χ3v) is 5.12. The summed E-state index contributed by atoms with van der Waals surface area (Å²) in [6.45, 7) is 0.715. The summed E-state index contributed by atoms with van der Waals surface area (Å²) in [4.78, 5) is 16.8. The summed E-state index contributed by atoms with van der Waals surface area (Å²) >= 11 is 3.72. The number of fused-ring (bicyclic) bond motifs is 1. The maximum absolute atomic E-state index is 12.3. The van der Waals surface area contributed by atoms with Gasteiger partial charge in [-0.1, -0.05) is 28.8 Å². The highest BCUT2D eigenvalue weighted by Crippen LogP contribution is 2.29. The molecule has 2 heterocycles. The fraction of sp³-hybridized carbons (Fsp3) is 0.500. The third kappa shape index (κ3) is 2.70. The number of aromatic nitrogens is 3. The van der Waals surface area contributed by atoms with Crippen molar-refractivity contribution in [2.45, 2.75) is 30.5 Å². The van der Waals surface area contributed by atoms with Gasteiger partial charge in [0.05, 0.1) is 23.5 Å². The Morgan fingerprint density at radius 3 is 3.10 bits per heavy atom. The fourth-order valence-corrected chi connectivity index (χ4v) is 3.50. The van der Waals surface area contributed by atoms with Crippen molar-refractivity contribution < 1.29 is 4.79 Å². The number of amides is 1. The van der Waals surface area contributed by atoms with Crippen LogP contribution in [0.3, 0.4) is 0 Å². The molecule has 20 heavy (non-hydrogen) atoms. The van der Waals surface area contributed by atoms with Gasteiger partial charge in [0.1, 0.15) is 0 Å². The highest BCUT2D eigenvalue weighted by Gasteiger charge is 2.23. The van der Waals surface area contributed by atoms with Crippen LogP contribution in [0.5, 0.6) is 0 Å². The normalized spacial score (nSPS) is 22.9. The molecule has 106 valence electrons. The second-order valence-electron chi connectivity index (χ2n) is 5.23. The van der Waals surface area contributed by atoms with E-state index in [1.54, 1.807) is 29.3 Å². The van der Waals surface area contributed by atoms with E-state index in [0.717, 1.165) is 5.52 Å². The Balaban J connectivity index is 1.67. The minimum Gasteiger partial charge on any atom is -0.352 e. The molecule has 2 unspecified atom stereocenters. The van der Waals surface area contributed by atoms with Crippen molar-refractivity contribution in [1.29, 1.82) is 0 Å². The Kier molecular flexibility index (Phi) is 4.00. The molecule has 3 rings (SSSR count). The summed E-state index contributed by atoms with van der Waals surface area (Å²) in [6, 6.07) is 0. The first-order valence-electron chi connectivity index (χ1n) is 6.95. The number of carbonyl (C=O) groups is 1. The molecule has 0 aliphatic heterocycles. The summed E-state index contributed by atoms with van der Waals surface area (Å²) in [5.41, 5.74) is 1.32. The van der Waals surface area contributed by atoms with E-state index in [1.165, 1.54) is 25.7 Å². The van der Waals surface area contributed by atoms with E-state index >= 15 is 0 Å². The largest absolute Gasteiger partial charge is 0.352 e. The van der Waals surface area contributed by atoms with Crippen LogP contribution in [0.1, 0.15) is 36.0 Å². The zero-order chi connectivity index (χ0) is 13.9. The number of carbonyl (C=O) groups excluding carboxylic acids is 1. The lowest BCUT2D eigenvalue weighted by molar-refractivity contribution is 0.0946. The van der Waals surface area contributed by atoms with Gasteiger partial charge in [-0.25, -0.2) is 4.52 Å². The lowest BCUT2D eigenvalue weighted by Gasteiger charge is -2.27. The molecule has 1 fully saturated rings. The van der Waals surface area contributed by atoms with Gasteiger partial charge in [0.25, 0.3) is 5.91 Å². The van der Waals surface area contributed by atoms with E-state index < -0.39 is 0 Å². The number of rotatable bonds is 3. The van der Waals surface area contributed by atoms with Crippen LogP contribution in [0.2, 0.25) is 0 Å². The summed E-state index contributed by atoms with van der Waals surface area (Å²) in [6.07, 6.45) is 11.5. The average Bonchev–Trinajstić information content (AvgIpc) is 2.90. The van der Waals surface area contributed by atoms with Gasteiger partial charge in [0, 0.05) is 23.8 Å². The number of alkyl halides is 1. The molecule has 2 aromatic rings. The van der Waals surface area contributed by atoms with Crippen LogP contribution in [0.4, 0.5) is 0 Å². The van der Waals surface area contributed by atoms with Gasteiger partial charge in [0.15, 0.2) is 0 Å². The van der Waals surface area contributed by atoms with Crippen molar-refractivity contribution in [3.8, 4) is 0 Å². The average molecular weight is 337 g/mol. The minimum atomic E-state index is -0.0710. The number of hydrogen-bond donors (Lipinski definition) is 1. The fourth-order valence-electron chi connectivity index (χ4n) is 2.72. The molecule has 1 saturated carbocycles. The Hall–Kier alpha value is -1.43. The standard InChI is InChI=1S/C14H17BrN4O/c15-12-4-2-1-3-10(12)7-17-14(20)11-8-18-19-6-5-16-9-13(11)19/h5-6,8-10,12H,1-4,7H2,(H,17,20). The SMILES string of the molecule is O=C(NCC1CCCCC1Br)c1cnn2ccncc12. The smallest absolute Gasteiger partial charge is 0.255 e. The van der Waals surface area contributed by atoms with Gasteiger partial charge in [0.2, 0.25) is 0 Å². The summed E-state index contributed by atoms with van der Waals surface area (Å²) < 4.78 is 1.66. The Labute approximate surface area is 125 Å². The van der Waals surface area contributed by atoms with Crippen LogP contribution >= 0.6 is 15.9 Å². The van der Waals surface area contributed by atoms with Gasteiger partial charge in [-0.3, -0.25) is 9.78 Å². The Morgan fingerprint density at radius 2 is 2.25 bits per heavy atom. The molecule has 1 N–H and O–H groups in total. The predicted octanol–water partition coefficient (Wildman–Crippen LogP) is 2.41. The predicted molar refractivity (Wildman–Crippen MR) is 80.0 cm³/mol. The summed E-state index contributed by atoms with van der Waals surface area (Å²) in [5, 5.41) is 7.18. The van der Waals surface area contributed by atoms with Gasteiger partial charge in [-0.05, 0) is 18.8 Å². The van der Waals surface area contributed by atoms with Crippen molar-refractivity contribution >= 4 is 27.4 Å².